The SMILES string of the molecule is CCC(F)(CCOC(=O)C12CC3CC4CC(C1)C2(C4)C3)C(F)(CC)S(=O)(=O)O. The van der Waals surface area contributed by atoms with E-state index >= 15 is 4.39 Å². The summed E-state index contributed by atoms with van der Waals surface area (Å²) in [6.45, 7) is 2.11. The first-order chi connectivity index (χ1) is 13.0. The predicted molar refractivity (Wildman–Crippen MR) is 98.4 cm³/mol. The van der Waals surface area contributed by atoms with Crippen molar-refractivity contribution in [2.24, 2.45) is 28.6 Å². The van der Waals surface area contributed by atoms with E-state index in [0.717, 1.165) is 25.7 Å². The standard InChI is InChI=1S/C20H30F2O5S/c1-3-19(21,20(22,4-2)28(24,25)26)5-6-27-16(23)18-11-14-7-13-8-15(12-18)17(18,9-13)10-14/h13-15H,3-12H2,1-2H3,(H,24,25,26). The van der Waals surface area contributed by atoms with Crippen LogP contribution in [0.25, 0.3) is 0 Å². The number of ether oxygens (including phenoxy) is 1. The molecule has 0 amide bonds. The normalized spacial score (nSPS) is 42.4. The van der Waals surface area contributed by atoms with Gasteiger partial charge in [0.05, 0.1) is 12.0 Å². The van der Waals surface area contributed by atoms with E-state index in [0.29, 0.717) is 17.8 Å². The van der Waals surface area contributed by atoms with Gasteiger partial charge in [-0.25, -0.2) is 8.78 Å². The molecule has 160 valence electrons. The minimum atomic E-state index is -5.26. The molecule has 7 atom stereocenters. The Kier molecular flexibility index (Phi) is 4.49. The maximum absolute atomic E-state index is 15.3. The first kappa shape index (κ1) is 20.5. The number of halogens is 2. The van der Waals surface area contributed by atoms with Crippen LogP contribution in [0.1, 0.15) is 71.6 Å². The van der Waals surface area contributed by atoms with Gasteiger partial charge in [0.25, 0.3) is 5.00 Å². The van der Waals surface area contributed by atoms with Crippen LogP contribution < -0.4 is 0 Å². The van der Waals surface area contributed by atoms with E-state index in [1.165, 1.54) is 26.7 Å². The third-order valence-corrected chi connectivity index (χ3v) is 10.2. The van der Waals surface area contributed by atoms with Crippen LogP contribution in [-0.2, 0) is 19.6 Å². The van der Waals surface area contributed by atoms with Crippen LogP contribution in [0.15, 0.2) is 0 Å². The summed E-state index contributed by atoms with van der Waals surface area (Å²) >= 11 is 0. The summed E-state index contributed by atoms with van der Waals surface area (Å²) in [4.78, 5) is 13.0. The number of rotatable bonds is 8. The van der Waals surface area contributed by atoms with Gasteiger partial charge in [-0.3, -0.25) is 9.35 Å². The molecule has 8 heteroatoms. The van der Waals surface area contributed by atoms with Gasteiger partial charge in [-0.2, -0.15) is 8.42 Å². The topological polar surface area (TPSA) is 80.7 Å². The molecule has 0 aromatic rings. The Morgan fingerprint density at radius 1 is 1.11 bits per heavy atom. The second kappa shape index (κ2) is 6.13. The lowest BCUT2D eigenvalue weighted by molar-refractivity contribution is -0.187. The Hall–Kier alpha value is -0.760. The summed E-state index contributed by atoms with van der Waals surface area (Å²) in [7, 11) is -5.26. The number of carbonyl (C=O) groups is 1. The number of esters is 1. The van der Waals surface area contributed by atoms with Crippen LogP contribution in [0.4, 0.5) is 8.78 Å². The molecule has 4 saturated carbocycles. The maximum Gasteiger partial charge on any atom is 0.312 e. The largest absolute Gasteiger partial charge is 0.465 e. The van der Waals surface area contributed by atoms with Crippen LogP contribution in [-0.4, -0.2) is 36.2 Å². The van der Waals surface area contributed by atoms with E-state index in [1.54, 1.807) is 0 Å². The molecule has 3 bridgehead atoms. The summed E-state index contributed by atoms with van der Waals surface area (Å²) in [6.07, 6.45) is 4.45. The highest BCUT2D eigenvalue weighted by Crippen LogP contribution is 2.81. The molecule has 0 aromatic carbocycles. The fourth-order valence-electron chi connectivity index (χ4n) is 7.55. The summed E-state index contributed by atoms with van der Waals surface area (Å²) in [5.74, 6) is 1.55. The van der Waals surface area contributed by atoms with Crippen LogP contribution in [0, 0.1) is 28.6 Å². The van der Waals surface area contributed by atoms with Crippen LogP contribution in [0.5, 0.6) is 0 Å². The van der Waals surface area contributed by atoms with Crippen molar-refractivity contribution in [2.45, 2.75) is 82.3 Å². The average Bonchev–Trinajstić information content (AvgIpc) is 2.94. The summed E-state index contributed by atoms with van der Waals surface area (Å²) in [6, 6.07) is 0. The molecule has 0 heterocycles. The van der Waals surface area contributed by atoms with Crippen molar-refractivity contribution in [3.63, 3.8) is 0 Å². The minimum Gasteiger partial charge on any atom is -0.465 e. The fourth-order valence-corrected chi connectivity index (χ4v) is 8.63. The molecule has 7 unspecified atom stereocenters. The number of carbonyl (C=O) groups excluding carboxylic acids is 1. The van der Waals surface area contributed by atoms with Crippen molar-refractivity contribution in [1.29, 1.82) is 0 Å². The van der Waals surface area contributed by atoms with E-state index < -0.39 is 45.5 Å². The second-order valence-electron chi connectivity index (χ2n) is 9.72. The average molecular weight is 421 g/mol. The van der Waals surface area contributed by atoms with E-state index in [4.69, 9.17) is 4.74 Å². The van der Waals surface area contributed by atoms with Crippen LogP contribution in [0.2, 0.25) is 0 Å². The van der Waals surface area contributed by atoms with Gasteiger partial charge in [0.15, 0.2) is 5.67 Å². The number of alkyl halides is 2. The highest BCUT2D eigenvalue weighted by molar-refractivity contribution is 7.87. The molecule has 4 aliphatic carbocycles. The van der Waals surface area contributed by atoms with Crippen LogP contribution in [0.3, 0.4) is 0 Å². The van der Waals surface area contributed by atoms with Gasteiger partial charge in [-0.05, 0) is 74.5 Å². The highest BCUT2D eigenvalue weighted by atomic mass is 32.2. The van der Waals surface area contributed by atoms with Gasteiger partial charge in [-0.15, -0.1) is 0 Å². The molecular formula is C20H30F2O5S. The number of fused-ring (bicyclic) bond motifs is 2. The van der Waals surface area contributed by atoms with Gasteiger partial charge in [0.2, 0.25) is 0 Å². The van der Waals surface area contributed by atoms with Gasteiger partial charge in [0.1, 0.15) is 0 Å². The molecule has 1 spiro atoms. The monoisotopic (exact) mass is 420 g/mol. The second-order valence-corrected chi connectivity index (χ2v) is 11.3. The molecule has 4 rings (SSSR count). The fraction of sp³-hybridized carbons (Fsp3) is 0.950. The Bertz CT molecular complexity index is 781. The Labute approximate surface area is 165 Å². The van der Waals surface area contributed by atoms with Gasteiger partial charge < -0.3 is 4.74 Å². The molecular weight excluding hydrogens is 390 g/mol. The molecule has 0 aliphatic heterocycles. The Balaban J connectivity index is 1.45. The molecule has 0 saturated heterocycles. The number of hydrogen-bond donors (Lipinski definition) is 1. The predicted octanol–water partition coefficient (Wildman–Crippen LogP) is 4.22. The Morgan fingerprint density at radius 3 is 2.39 bits per heavy atom. The quantitative estimate of drug-likeness (QED) is 0.470. The minimum absolute atomic E-state index is 0.0525. The van der Waals surface area contributed by atoms with Crippen molar-refractivity contribution in [3.8, 4) is 0 Å². The van der Waals surface area contributed by atoms with Crippen molar-refractivity contribution in [1.82, 2.24) is 0 Å². The molecule has 1 N–H and O–H groups in total. The number of hydrogen-bond acceptors (Lipinski definition) is 4. The van der Waals surface area contributed by atoms with Crippen molar-refractivity contribution in [3.05, 3.63) is 0 Å². The third-order valence-electron chi connectivity index (χ3n) is 8.77. The van der Waals surface area contributed by atoms with E-state index in [2.05, 4.69) is 0 Å². The lowest BCUT2D eigenvalue weighted by atomic mass is 9.46. The molecule has 0 radical (unpaired) electrons. The smallest absolute Gasteiger partial charge is 0.312 e. The van der Waals surface area contributed by atoms with E-state index in [1.807, 2.05) is 0 Å². The van der Waals surface area contributed by atoms with Gasteiger partial charge >= 0.3 is 16.1 Å². The third kappa shape index (κ3) is 2.36. The molecule has 4 aliphatic rings. The summed E-state index contributed by atoms with van der Waals surface area (Å²) in [5.41, 5.74) is -3.24. The Morgan fingerprint density at radius 2 is 1.79 bits per heavy atom. The molecule has 5 nitrogen and oxygen atoms in total. The van der Waals surface area contributed by atoms with Crippen molar-refractivity contribution in [2.75, 3.05) is 6.61 Å². The zero-order valence-corrected chi connectivity index (χ0v) is 17.4. The van der Waals surface area contributed by atoms with Crippen molar-refractivity contribution < 1.29 is 31.3 Å². The summed E-state index contributed by atoms with van der Waals surface area (Å²) < 4.78 is 67.9. The lowest BCUT2D eigenvalue weighted by Gasteiger charge is -2.56. The van der Waals surface area contributed by atoms with Gasteiger partial charge in [0, 0.05) is 6.42 Å². The molecule has 28 heavy (non-hydrogen) atoms. The molecule has 0 aromatic heterocycles. The van der Waals surface area contributed by atoms with Gasteiger partial charge in [-0.1, -0.05) is 13.8 Å². The molecule has 4 fully saturated rings. The zero-order chi connectivity index (χ0) is 20.6. The van der Waals surface area contributed by atoms with E-state index in [9.17, 15) is 22.2 Å². The highest BCUT2D eigenvalue weighted by Gasteiger charge is 2.77. The maximum atomic E-state index is 15.3. The van der Waals surface area contributed by atoms with E-state index in [-0.39, 0.29) is 18.0 Å². The zero-order valence-electron chi connectivity index (χ0n) is 16.5. The van der Waals surface area contributed by atoms with Crippen molar-refractivity contribution >= 4 is 16.1 Å². The first-order valence-electron chi connectivity index (χ1n) is 10.5. The first-order valence-corrected chi connectivity index (χ1v) is 11.9. The lowest BCUT2D eigenvalue weighted by Crippen LogP contribution is -2.57. The van der Waals surface area contributed by atoms with Crippen LogP contribution >= 0.6 is 0 Å². The summed E-state index contributed by atoms with van der Waals surface area (Å²) in [5, 5.41) is -3.41.